The van der Waals surface area contributed by atoms with Gasteiger partial charge in [0.2, 0.25) is 0 Å². The number of aromatic nitrogens is 2. The van der Waals surface area contributed by atoms with Crippen LogP contribution < -0.4 is 5.32 Å². The summed E-state index contributed by atoms with van der Waals surface area (Å²) in [4.78, 5) is 4.65. The van der Waals surface area contributed by atoms with Crippen LogP contribution in [0, 0.1) is 5.92 Å². The van der Waals surface area contributed by atoms with E-state index in [1.54, 1.807) is 0 Å². The highest BCUT2D eigenvalue weighted by molar-refractivity contribution is 7.98. The van der Waals surface area contributed by atoms with Gasteiger partial charge in [-0.2, -0.15) is 11.8 Å². The van der Waals surface area contributed by atoms with E-state index in [1.165, 1.54) is 11.3 Å². The number of thioether (sulfide) groups is 1. The molecule has 4 heteroatoms. The summed E-state index contributed by atoms with van der Waals surface area (Å²) in [7, 11) is 2.08. The molecule has 0 amide bonds. The largest absolute Gasteiger partial charge is 0.330 e. The van der Waals surface area contributed by atoms with Crippen LogP contribution in [0.15, 0.2) is 24.3 Å². The Hall–Kier alpha value is -1.00. The number of hydrogen-bond donors (Lipinski definition) is 1. The van der Waals surface area contributed by atoms with E-state index < -0.39 is 0 Å². The molecule has 1 heterocycles. The highest BCUT2D eigenvalue weighted by atomic mass is 32.2. The van der Waals surface area contributed by atoms with Crippen molar-refractivity contribution in [1.82, 2.24) is 14.9 Å². The first-order chi connectivity index (χ1) is 8.72. The third-order valence-electron chi connectivity index (χ3n) is 3.11. The van der Waals surface area contributed by atoms with Gasteiger partial charge in [0, 0.05) is 7.05 Å². The second-order valence-electron chi connectivity index (χ2n) is 4.77. The number of rotatable bonds is 6. The van der Waals surface area contributed by atoms with E-state index in [1.807, 2.05) is 17.8 Å². The predicted octanol–water partition coefficient (Wildman–Crippen LogP) is 2.66. The van der Waals surface area contributed by atoms with Gasteiger partial charge in [-0.1, -0.05) is 19.1 Å². The molecule has 0 fully saturated rings. The molecule has 0 saturated heterocycles. The van der Waals surface area contributed by atoms with Crippen LogP contribution in [-0.4, -0.2) is 28.1 Å². The lowest BCUT2D eigenvalue weighted by atomic mass is 10.2. The summed E-state index contributed by atoms with van der Waals surface area (Å²) in [5, 5.41) is 3.49. The fourth-order valence-electron chi connectivity index (χ4n) is 2.13. The molecule has 0 saturated carbocycles. The van der Waals surface area contributed by atoms with Crippen LogP contribution >= 0.6 is 11.8 Å². The Morgan fingerprint density at radius 2 is 2.17 bits per heavy atom. The Bertz CT molecular complexity index is 507. The number of para-hydroxylation sites is 2. The summed E-state index contributed by atoms with van der Waals surface area (Å²) in [6, 6.07) is 8.27. The Balaban J connectivity index is 1.97. The normalized spacial score (nSPS) is 13.1. The molecule has 98 valence electrons. The lowest BCUT2D eigenvalue weighted by Crippen LogP contribution is -2.23. The van der Waals surface area contributed by atoms with Gasteiger partial charge in [-0.3, -0.25) is 0 Å². The van der Waals surface area contributed by atoms with E-state index in [0.717, 1.165) is 24.4 Å². The van der Waals surface area contributed by atoms with Crippen molar-refractivity contribution in [2.45, 2.75) is 13.5 Å². The van der Waals surface area contributed by atoms with Gasteiger partial charge >= 0.3 is 0 Å². The van der Waals surface area contributed by atoms with E-state index in [-0.39, 0.29) is 0 Å². The zero-order chi connectivity index (χ0) is 13.0. The van der Waals surface area contributed by atoms with E-state index in [4.69, 9.17) is 0 Å². The summed E-state index contributed by atoms with van der Waals surface area (Å²) in [6.07, 6.45) is 2.15. The molecule has 1 aromatic heterocycles. The minimum Gasteiger partial charge on any atom is -0.330 e. The highest BCUT2D eigenvalue weighted by Gasteiger charge is 2.07. The topological polar surface area (TPSA) is 29.9 Å². The number of hydrogen-bond acceptors (Lipinski definition) is 3. The van der Waals surface area contributed by atoms with Crippen LogP contribution in [0.3, 0.4) is 0 Å². The molecule has 1 unspecified atom stereocenters. The van der Waals surface area contributed by atoms with Gasteiger partial charge in [-0.15, -0.1) is 0 Å². The molecule has 0 aliphatic rings. The van der Waals surface area contributed by atoms with Crippen LogP contribution in [-0.2, 0) is 13.6 Å². The maximum atomic E-state index is 4.65. The second kappa shape index (κ2) is 6.25. The monoisotopic (exact) mass is 263 g/mol. The quantitative estimate of drug-likeness (QED) is 0.869. The zero-order valence-electron chi connectivity index (χ0n) is 11.3. The molecule has 0 bridgehead atoms. The number of nitrogens with one attached hydrogen (secondary N) is 1. The summed E-state index contributed by atoms with van der Waals surface area (Å²) >= 11 is 1.90. The van der Waals surface area contributed by atoms with Gasteiger partial charge in [0.05, 0.1) is 17.6 Å². The minimum atomic E-state index is 0.703. The molecule has 0 aliphatic carbocycles. The average Bonchev–Trinajstić information content (AvgIpc) is 2.68. The molecular formula is C14H21N3S. The van der Waals surface area contributed by atoms with Crippen molar-refractivity contribution >= 4 is 22.8 Å². The Kier molecular flexibility index (Phi) is 4.66. The van der Waals surface area contributed by atoms with Crippen molar-refractivity contribution in [3.63, 3.8) is 0 Å². The molecule has 2 rings (SSSR count). The molecule has 18 heavy (non-hydrogen) atoms. The molecule has 1 N–H and O–H groups in total. The van der Waals surface area contributed by atoms with Gasteiger partial charge in [0.1, 0.15) is 5.82 Å². The summed E-state index contributed by atoms with van der Waals surface area (Å²) in [5.74, 6) is 3.01. The standard InChI is InChI=1S/C14H21N3S/c1-11(10-18-3)8-15-9-14-16-12-6-4-5-7-13(12)17(14)2/h4-7,11,15H,8-10H2,1-3H3. The molecule has 3 nitrogen and oxygen atoms in total. The van der Waals surface area contributed by atoms with Crippen molar-refractivity contribution in [3.05, 3.63) is 30.1 Å². The predicted molar refractivity (Wildman–Crippen MR) is 80.0 cm³/mol. The lowest BCUT2D eigenvalue weighted by Gasteiger charge is -2.10. The molecule has 1 atom stereocenters. The summed E-state index contributed by atoms with van der Waals surface area (Å²) in [5.41, 5.74) is 2.28. The number of aryl methyl sites for hydroxylation is 1. The third kappa shape index (κ3) is 3.06. The summed E-state index contributed by atoms with van der Waals surface area (Å²) in [6.45, 7) is 4.16. The van der Waals surface area contributed by atoms with E-state index >= 15 is 0 Å². The number of fused-ring (bicyclic) bond motifs is 1. The van der Waals surface area contributed by atoms with Crippen LogP contribution in [0.2, 0.25) is 0 Å². The fourth-order valence-corrected chi connectivity index (χ4v) is 2.81. The Morgan fingerprint density at radius 1 is 1.39 bits per heavy atom. The van der Waals surface area contributed by atoms with Crippen LogP contribution in [0.25, 0.3) is 11.0 Å². The van der Waals surface area contributed by atoms with Gasteiger partial charge in [0.15, 0.2) is 0 Å². The van der Waals surface area contributed by atoms with Crippen molar-refractivity contribution in [1.29, 1.82) is 0 Å². The first kappa shape index (κ1) is 13.4. The van der Waals surface area contributed by atoms with Crippen molar-refractivity contribution in [3.8, 4) is 0 Å². The lowest BCUT2D eigenvalue weighted by molar-refractivity contribution is 0.544. The van der Waals surface area contributed by atoms with Gasteiger partial charge < -0.3 is 9.88 Å². The first-order valence-corrected chi connectivity index (χ1v) is 7.71. The van der Waals surface area contributed by atoms with Crippen LogP contribution in [0.4, 0.5) is 0 Å². The Labute approximate surface area is 113 Å². The first-order valence-electron chi connectivity index (χ1n) is 6.32. The van der Waals surface area contributed by atoms with E-state index in [0.29, 0.717) is 5.92 Å². The van der Waals surface area contributed by atoms with Crippen LogP contribution in [0.5, 0.6) is 0 Å². The van der Waals surface area contributed by atoms with Gasteiger partial charge in [0.25, 0.3) is 0 Å². The maximum absolute atomic E-state index is 4.65. The van der Waals surface area contributed by atoms with Crippen molar-refractivity contribution in [2.75, 3.05) is 18.6 Å². The molecule has 2 aromatic rings. The molecule has 1 aromatic carbocycles. The Morgan fingerprint density at radius 3 is 2.89 bits per heavy atom. The summed E-state index contributed by atoms with van der Waals surface area (Å²) < 4.78 is 2.17. The average molecular weight is 263 g/mol. The minimum absolute atomic E-state index is 0.703. The van der Waals surface area contributed by atoms with Gasteiger partial charge in [-0.05, 0) is 36.6 Å². The fraction of sp³-hybridized carbons (Fsp3) is 0.500. The van der Waals surface area contributed by atoms with E-state index in [2.05, 4.69) is 53.3 Å². The smallest absolute Gasteiger partial charge is 0.123 e. The zero-order valence-corrected chi connectivity index (χ0v) is 12.1. The molecule has 0 spiro atoms. The van der Waals surface area contributed by atoms with Gasteiger partial charge in [-0.25, -0.2) is 4.98 Å². The molecular weight excluding hydrogens is 242 g/mol. The number of imidazole rings is 1. The highest BCUT2D eigenvalue weighted by Crippen LogP contribution is 2.14. The van der Waals surface area contributed by atoms with Crippen molar-refractivity contribution < 1.29 is 0 Å². The number of benzene rings is 1. The van der Waals surface area contributed by atoms with Crippen LogP contribution in [0.1, 0.15) is 12.7 Å². The van der Waals surface area contributed by atoms with Crippen molar-refractivity contribution in [2.24, 2.45) is 13.0 Å². The van der Waals surface area contributed by atoms with E-state index in [9.17, 15) is 0 Å². The second-order valence-corrected chi connectivity index (χ2v) is 5.68. The molecule has 0 aliphatic heterocycles. The molecule has 0 radical (unpaired) electrons. The third-order valence-corrected chi connectivity index (χ3v) is 4.01. The maximum Gasteiger partial charge on any atom is 0.123 e. The number of nitrogens with zero attached hydrogens (tertiary/aromatic N) is 2. The SMILES string of the molecule is CSCC(C)CNCc1nc2ccccc2n1C.